The second-order valence-electron chi connectivity index (χ2n) is 6.63. The van der Waals surface area contributed by atoms with Crippen molar-refractivity contribution in [2.24, 2.45) is 5.41 Å². The third-order valence-corrected chi connectivity index (χ3v) is 3.67. The van der Waals surface area contributed by atoms with Gasteiger partial charge in [-0.25, -0.2) is 0 Å². The molecule has 0 aliphatic rings. The van der Waals surface area contributed by atoms with Gasteiger partial charge in [-0.15, -0.1) is 0 Å². The Morgan fingerprint density at radius 3 is 2.16 bits per heavy atom. The molecule has 0 atom stereocenters. The van der Waals surface area contributed by atoms with Gasteiger partial charge in [0.15, 0.2) is 0 Å². The van der Waals surface area contributed by atoms with E-state index < -0.39 is 11.4 Å². The molecule has 0 aromatic heterocycles. The standard InChI is InChI=1S/C17H26O2/c1-11(2)13-7-8-15(12(3)4)14(9-13)10-17(5,6)16(18)19/h7-9,11-12H,10H2,1-6H3,(H,18,19). The van der Waals surface area contributed by atoms with E-state index in [-0.39, 0.29) is 0 Å². The highest BCUT2D eigenvalue weighted by molar-refractivity contribution is 5.74. The van der Waals surface area contributed by atoms with Crippen molar-refractivity contribution in [3.8, 4) is 0 Å². The number of rotatable bonds is 5. The lowest BCUT2D eigenvalue weighted by Crippen LogP contribution is -2.26. The van der Waals surface area contributed by atoms with E-state index in [4.69, 9.17) is 0 Å². The lowest BCUT2D eigenvalue weighted by molar-refractivity contribution is -0.146. The highest BCUT2D eigenvalue weighted by Gasteiger charge is 2.28. The van der Waals surface area contributed by atoms with Crippen molar-refractivity contribution >= 4 is 5.97 Å². The minimum atomic E-state index is -0.739. The van der Waals surface area contributed by atoms with Crippen molar-refractivity contribution in [3.05, 3.63) is 34.9 Å². The molecule has 0 bridgehead atoms. The Morgan fingerprint density at radius 1 is 1.16 bits per heavy atom. The number of carboxylic acid groups (broad SMARTS) is 1. The molecule has 2 heteroatoms. The Bertz CT molecular complexity index is 456. The second kappa shape index (κ2) is 5.77. The second-order valence-corrected chi connectivity index (χ2v) is 6.63. The monoisotopic (exact) mass is 262 g/mol. The summed E-state index contributed by atoms with van der Waals surface area (Å²) in [6.45, 7) is 12.2. The maximum atomic E-state index is 11.3. The third kappa shape index (κ3) is 3.82. The molecule has 0 fully saturated rings. The Kier molecular flexibility index (Phi) is 4.78. The first-order valence-electron chi connectivity index (χ1n) is 7.01. The topological polar surface area (TPSA) is 37.3 Å². The molecular weight excluding hydrogens is 236 g/mol. The van der Waals surface area contributed by atoms with Crippen molar-refractivity contribution in [3.63, 3.8) is 0 Å². The average molecular weight is 262 g/mol. The number of carbonyl (C=O) groups is 1. The molecule has 0 aliphatic carbocycles. The van der Waals surface area contributed by atoms with Crippen LogP contribution >= 0.6 is 0 Å². The highest BCUT2D eigenvalue weighted by atomic mass is 16.4. The Balaban J connectivity index is 3.22. The van der Waals surface area contributed by atoms with Gasteiger partial charge in [-0.05, 0) is 48.8 Å². The van der Waals surface area contributed by atoms with Crippen LogP contribution in [0.5, 0.6) is 0 Å². The number of hydrogen-bond acceptors (Lipinski definition) is 1. The predicted molar refractivity (Wildman–Crippen MR) is 79.7 cm³/mol. The lowest BCUT2D eigenvalue weighted by Gasteiger charge is -2.23. The van der Waals surface area contributed by atoms with Gasteiger partial charge >= 0.3 is 5.97 Å². The van der Waals surface area contributed by atoms with Crippen LogP contribution in [0, 0.1) is 5.41 Å². The van der Waals surface area contributed by atoms with Crippen LogP contribution in [0.15, 0.2) is 18.2 Å². The zero-order chi connectivity index (χ0) is 14.8. The molecule has 0 radical (unpaired) electrons. The summed E-state index contributed by atoms with van der Waals surface area (Å²) in [4.78, 5) is 11.3. The van der Waals surface area contributed by atoms with E-state index in [1.54, 1.807) is 13.8 Å². The summed E-state index contributed by atoms with van der Waals surface area (Å²) in [5.41, 5.74) is 2.99. The third-order valence-electron chi connectivity index (χ3n) is 3.67. The number of carboxylic acids is 1. The van der Waals surface area contributed by atoms with Crippen LogP contribution in [0.3, 0.4) is 0 Å². The van der Waals surface area contributed by atoms with Gasteiger partial charge in [-0.2, -0.15) is 0 Å². The molecular formula is C17H26O2. The van der Waals surface area contributed by atoms with Crippen molar-refractivity contribution < 1.29 is 9.90 Å². The summed E-state index contributed by atoms with van der Waals surface area (Å²) in [5.74, 6) is 0.144. The Labute approximate surface area is 116 Å². The van der Waals surface area contributed by atoms with E-state index in [9.17, 15) is 9.90 Å². The fourth-order valence-electron chi connectivity index (χ4n) is 2.25. The first-order chi connectivity index (χ1) is 8.65. The van der Waals surface area contributed by atoms with Crippen LogP contribution in [0.1, 0.15) is 70.1 Å². The minimum absolute atomic E-state index is 0.417. The van der Waals surface area contributed by atoms with Crippen LogP contribution in [-0.4, -0.2) is 11.1 Å². The molecule has 0 amide bonds. The summed E-state index contributed by atoms with van der Waals surface area (Å²) in [6.07, 6.45) is 0.580. The largest absolute Gasteiger partial charge is 0.481 e. The highest BCUT2D eigenvalue weighted by Crippen LogP contribution is 2.30. The first-order valence-corrected chi connectivity index (χ1v) is 7.01. The molecule has 1 rings (SSSR count). The number of benzene rings is 1. The molecule has 0 saturated heterocycles. The van der Waals surface area contributed by atoms with Crippen LogP contribution in [0.2, 0.25) is 0 Å². The van der Waals surface area contributed by atoms with Gasteiger partial charge in [-0.1, -0.05) is 45.9 Å². The zero-order valence-corrected chi connectivity index (χ0v) is 12.9. The fraction of sp³-hybridized carbons (Fsp3) is 0.588. The van der Waals surface area contributed by atoms with E-state index in [2.05, 4.69) is 45.9 Å². The van der Waals surface area contributed by atoms with Gasteiger partial charge < -0.3 is 5.11 Å². The van der Waals surface area contributed by atoms with Crippen molar-refractivity contribution in [2.45, 2.75) is 59.8 Å². The van der Waals surface area contributed by atoms with Crippen LogP contribution in [-0.2, 0) is 11.2 Å². The molecule has 1 N–H and O–H groups in total. The average Bonchev–Trinajstić information content (AvgIpc) is 2.27. The Hall–Kier alpha value is -1.31. The van der Waals surface area contributed by atoms with E-state index in [1.165, 1.54) is 16.7 Å². The molecule has 0 saturated carbocycles. The quantitative estimate of drug-likeness (QED) is 0.843. The molecule has 106 valence electrons. The summed E-state index contributed by atoms with van der Waals surface area (Å²) < 4.78 is 0. The molecule has 1 aromatic carbocycles. The van der Waals surface area contributed by atoms with Crippen molar-refractivity contribution in [1.82, 2.24) is 0 Å². The summed E-state index contributed by atoms with van der Waals surface area (Å²) in [5, 5.41) is 9.31. The van der Waals surface area contributed by atoms with Gasteiger partial charge in [0.2, 0.25) is 0 Å². The maximum Gasteiger partial charge on any atom is 0.309 e. The van der Waals surface area contributed by atoms with Gasteiger partial charge in [0.25, 0.3) is 0 Å². The predicted octanol–water partition coefficient (Wildman–Crippen LogP) is 4.59. The van der Waals surface area contributed by atoms with Gasteiger partial charge in [0, 0.05) is 0 Å². The minimum Gasteiger partial charge on any atom is -0.481 e. The molecule has 0 aliphatic heterocycles. The van der Waals surface area contributed by atoms with Crippen LogP contribution < -0.4 is 0 Å². The number of aliphatic carboxylic acids is 1. The van der Waals surface area contributed by atoms with E-state index in [0.29, 0.717) is 18.3 Å². The fourth-order valence-corrected chi connectivity index (χ4v) is 2.25. The summed E-state index contributed by atoms with van der Waals surface area (Å²) >= 11 is 0. The molecule has 2 nitrogen and oxygen atoms in total. The normalized spacial score (nSPS) is 12.2. The lowest BCUT2D eigenvalue weighted by atomic mass is 9.81. The van der Waals surface area contributed by atoms with Crippen molar-refractivity contribution in [1.29, 1.82) is 0 Å². The van der Waals surface area contributed by atoms with Crippen LogP contribution in [0.25, 0.3) is 0 Å². The summed E-state index contributed by atoms with van der Waals surface area (Å²) in [6, 6.07) is 6.51. The Morgan fingerprint density at radius 2 is 1.74 bits per heavy atom. The molecule has 0 spiro atoms. The van der Waals surface area contributed by atoms with Gasteiger partial charge in [0.1, 0.15) is 0 Å². The molecule has 19 heavy (non-hydrogen) atoms. The maximum absolute atomic E-state index is 11.3. The zero-order valence-electron chi connectivity index (χ0n) is 12.9. The van der Waals surface area contributed by atoms with E-state index in [0.717, 1.165) is 0 Å². The molecule has 0 heterocycles. The smallest absolute Gasteiger partial charge is 0.309 e. The van der Waals surface area contributed by atoms with Crippen molar-refractivity contribution in [2.75, 3.05) is 0 Å². The van der Waals surface area contributed by atoms with Gasteiger partial charge in [-0.3, -0.25) is 4.79 Å². The van der Waals surface area contributed by atoms with E-state index >= 15 is 0 Å². The van der Waals surface area contributed by atoms with E-state index in [1.807, 2.05) is 0 Å². The molecule has 1 aromatic rings. The van der Waals surface area contributed by atoms with Gasteiger partial charge in [0.05, 0.1) is 5.41 Å². The first kappa shape index (κ1) is 15.7. The number of hydrogen-bond donors (Lipinski definition) is 1. The SMILES string of the molecule is CC(C)c1ccc(C(C)C)c(CC(C)(C)C(=O)O)c1. The van der Waals surface area contributed by atoms with Crippen LogP contribution in [0.4, 0.5) is 0 Å². The summed E-state index contributed by atoms with van der Waals surface area (Å²) in [7, 11) is 0. The molecule has 0 unspecified atom stereocenters.